The molecule has 1 N–H and O–H groups in total. The van der Waals surface area contributed by atoms with Gasteiger partial charge in [-0.2, -0.15) is 0 Å². The molecule has 0 spiro atoms. The lowest BCUT2D eigenvalue weighted by Gasteiger charge is -2.13. The normalized spacial score (nSPS) is 11.4. The van der Waals surface area contributed by atoms with Crippen LogP contribution in [-0.4, -0.2) is 37.3 Å². The summed E-state index contributed by atoms with van der Waals surface area (Å²) in [6, 6.07) is 15.7. The number of aromatic nitrogens is 5. The van der Waals surface area contributed by atoms with Crippen LogP contribution in [-0.2, 0) is 6.54 Å². The number of aromatic amines is 1. The Kier molecular flexibility index (Phi) is 6.36. The Morgan fingerprint density at radius 1 is 1.13 bits per heavy atom. The molecule has 2 aromatic heterocycles. The van der Waals surface area contributed by atoms with Crippen LogP contribution in [0.1, 0.15) is 36.6 Å². The molecule has 0 aliphatic heterocycles. The zero-order valence-electron chi connectivity index (χ0n) is 17.8. The predicted octanol–water partition coefficient (Wildman–Crippen LogP) is 4.17. The number of H-pyrrole nitrogens is 1. The molecule has 0 aliphatic carbocycles. The number of aryl methyl sites for hydroxylation is 1. The topological polar surface area (TPSA) is 85.7 Å². The van der Waals surface area contributed by atoms with E-state index in [1.165, 1.54) is 17.3 Å². The standard InChI is InChI=1S/C23H25N5O2S/c1-15(2)21-19(14-28-20-7-5-4-6-18(20)26-27-28)24-23(25-22(21)29)31-13-12-30-17-10-8-16(3)9-11-17/h4-11,15H,12-14H2,1-3H3,(H,24,25,29). The van der Waals surface area contributed by atoms with Gasteiger partial charge in [0.1, 0.15) is 11.3 Å². The van der Waals surface area contributed by atoms with Gasteiger partial charge < -0.3 is 9.72 Å². The maximum absolute atomic E-state index is 12.8. The average molecular weight is 436 g/mol. The van der Waals surface area contributed by atoms with Crippen molar-refractivity contribution < 1.29 is 4.74 Å². The van der Waals surface area contributed by atoms with Crippen molar-refractivity contribution >= 4 is 22.8 Å². The summed E-state index contributed by atoms with van der Waals surface area (Å²) >= 11 is 1.47. The molecule has 0 amide bonds. The maximum Gasteiger partial charge on any atom is 0.255 e. The minimum atomic E-state index is -0.105. The lowest BCUT2D eigenvalue weighted by Crippen LogP contribution is -2.22. The Morgan fingerprint density at radius 3 is 2.68 bits per heavy atom. The summed E-state index contributed by atoms with van der Waals surface area (Å²) in [5, 5.41) is 9.04. The fraction of sp³-hybridized carbons (Fsp3) is 0.304. The number of hydrogen-bond acceptors (Lipinski definition) is 6. The molecule has 0 unspecified atom stereocenters. The van der Waals surface area contributed by atoms with Crippen LogP contribution in [0, 0.1) is 6.92 Å². The van der Waals surface area contributed by atoms with E-state index >= 15 is 0 Å². The highest BCUT2D eigenvalue weighted by Gasteiger charge is 2.17. The van der Waals surface area contributed by atoms with Crippen LogP contribution in [0.2, 0.25) is 0 Å². The van der Waals surface area contributed by atoms with Gasteiger partial charge in [-0.05, 0) is 37.1 Å². The number of fused-ring (bicyclic) bond motifs is 1. The first-order chi connectivity index (χ1) is 15.0. The predicted molar refractivity (Wildman–Crippen MR) is 123 cm³/mol. The summed E-state index contributed by atoms with van der Waals surface area (Å²) in [4.78, 5) is 20.5. The van der Waals surface area contributed by atoms with Gasteiger partial charge in [0.25, 0.3) is 5.56 Å². The number of para-hydroxylation sites is 1. The summed E-state index contributed by atoms with van der Waals surface area (Å²) in [5.41, 5.74) is 4.23. The summed E-state index contributed by atoms with van der Waals surface area (Å²) in [5.74, 6) is 1.55. The summed E-state index contributed by atoms with van der Waals surface area (Å²) < 4.78 is 7.57. The molecule has 0 aliphatic rings. The molecule has 2 heterocycles. The van der Waals surface area contributed by atoms with E-state index in [4.69, 9.17) is 9.72 Å². The Labute approximate surface area is 184 Å². The van der Waals surface area contributed by atoms with Crippen molar-refractivity contribution in [3.8, 4) is 5.75 Å². The lowest BCUT2D eigenvalue weighted by molar-refractivity contribution is 0.344. The van der Waals surface area contributed by atoms with Crippen molar-refractivity contribution in [3.05, 3.63) is 75.7 Å². The lowest BCUT2D eigenvalue weighted by atomic mass is 10.0. The maximum atomic E-state index is 12.8. The molecule has 0 saturated carbocycles. The van der Waals surface area contributed by atoms with E-state index in [9.17, 15) is 4.79 Å². The van der Waals surface area contributed by atoms with Crippen molar-refractivity contribution in [2.75, 3.05) is 12.4 Å². The van der Waals surface area contributed by atoms with Gasteiger partial charge in [-0.1, -0.05) is 60.7 Å². The number of ether oxygens (including phenoxy) is 1. The van der Waals surface area contributed by atoms with E-state index in [0.29, 0.717) is 29.6 Å². The van der Waals surface area contributed by atoms with Gasteiger partial charge in [0.15, 0.2) is 5.16 Å². The minimum absolute atomic E-state index is 0.0463. The first-order valence-electron chi connectivity index (χ1n) is 10.2. The second kappa shape index (κ2) is 9.34. The van der Waals surface area contributed by atoms with Crippen molar-refractivity contribution in [3.63, 3.8) is 0 Å². The molecule has 0 bridgehead atoms. The average Bonchev–Trinajstić information content (AvgIpc) is 3.15. The highest BCUT2D eigenvalue weighted by Crippen LogP contribution is 2.20. The second-order valence-electron chi connectivity index (χ2n) is 7.63. The van der Waals surface area contributed by atoms with Crippen molar-refractivity contribution in [1.29, 1.82) is 0 Å². The largest absolute Gasteiger partial charge is 0.493 e. The van der Waals surface area contributed by atoms with Crippen LogP contribution in [0.15, 0.2) is 58.5 Å². The van der Waals surface area contributed by atoms with Gasteiger partial charge in [-0.3, -0.25) is 4.79 Å². The molecule has 2 aromatic carbocycles. The fourth-order valence-electron chi connectivity index (χ4n) is 3.40. The highest BCUT2D eigenvalue weighted by molar-refractivity contribution is 7.99. The Bertz CT molecular complexity index is 1230. The molecule has 0 radical (unpaired) electrons. The van der Waals surface area contributed by atoms with Gasteiger partial charge in [0, 0.05) is 11.3 Å². The van der Waals surface area contributed by atoms with E-state index < -0.39 is 0 Å². The van der Waals surface area contributed by atoms with E-state index in [0.717, 1.165) is 22.5 Å². The number of nitrogens with zero attached hydrogens (tertiary/aromatic N) is 4. The first kappa shape index (κ1) is 21.1. The Balaban J connectivity index is 1.50. The van der Waals surface area contributed by atoms with E-state index in [1.54, 1.807) is 4.68 Å². The van der Waals surface area contributed by atoms with Crippen molar-refractivity contribution in [2.45, 2.75) is 38.4 Å². The molecule has 31 heavy (non-hydrogen) atoms. The second-order valence-corrected chi connectivity index (χ2v) is 8.72. The van der Waals surface area contributed by atoms with Crippen LogP contribution in [0.25, 0.3) is 11.0 Å². The smallest absolute Gasteiger partial charge is 0.255 e. The van der Waals surface area contributed by atoms with E-state index in [2.05, 4.69) is 15.3 Å². The Hall–Kier alpha value is -3.13. The van der Waals surface area contributed by atoms with E-state index in [1.807, 2.05) is 69.3 Å². The van der Waals surface area contributed by atoms with Gasteiger partial charge in [0.2, 0.25) is 0 Å². The number of nitrogens with one attached hydrogen (secondary N) is 1. The van der Waals surface area contributed by atoms with Gasteiger partial charge in [0.05, 0.1) is 24.4 Å². The van der Waals surface area contributed by atoms with Gasteiger partial charge in [-0.15, -0.1) is 5.10 Å². The monoisotopic (exact) mass is 435 g/mol. The van der Waals surface area contributed by atoms with Crippen molar-refractivity contribution in [2.24, 2.45) is 0 Å². The highest BCUT2D eigenvalue weighted by atomic mass is 32.2. The van der Waals surface area contributed by atoms with Crippen LogP contribution in [0.4, 0.5) is 0 Å². The summed E-state index contributed by atoms with van der Waals surface area (Å²) in [6.45, 7) is 6.95. The quantitative estimate of drug-likeness (QED) is 0.254. The molecule has 8 heteroatoms. The van der Waals surface area contributed by atoms with Crippen LogP contribution in [0.5, 0.6) is 5.75 Å². The fourth-order valence-corrected chi connectivity index (χ4v) is 4.10. The SMILES string of the molecule is Cc1ccc(OCCSc2nc(Cn3nnc4ccccc43)c(C(C)C)c(=O)[nH]2)cc1. The summed E-state index contributed by atoms with van der Waals surface area (Å²) in [7, 11) is 0. The third-order valence-electron chi connectivity index (χ3n) is 4.92. The molecule has 0 atom stereocenters. The van der Waals surface area contributed by atoms with Gasteiger partial charge in [-0.25, -0.2) is 9.67 Å². The molecule has 160 valence electrons. The van der Waals surface area contributed by atoms with Crippen LogP contribution < -0.4 is 10.3 Å². The molecular formula is C23H25N5O2S. The zero-order chi connectivity index (χ0) is 21.8. The summed E-state index contributed by atoms with van der Waals surface area (Å²) in [6.07, 6.45) is 0. The third kappa shape index (κ3) is 4.96. The van der Waals surface area contributed by atoms with Crippen molar-refractivity contribution in [1.82, 2.24) is 25.0 Å². The Morgan fingerprint density at radius 2 is 1.90 bits per heavy atom. The molecule has 0 saturated heterocycles. The molecule has 7 nitrogen and oxygen atoms in total. The first-order valence-corrected chi connectivity index (χ1v) is 11.2. The van der Waals surface area contributed by atoms with Crippen LogP contribution in [0.3, 0.4) is 0 Å². The van der Waals surface area contributed by atoms with Crippen LogP contribution >= 0.6 is 11.8 Å². The molecule has 4 rings (SSSR count). The number of thioether (sulfide) groups is 1. The zero-order valence-corrected chi connectivity index (χ0v) is 18.6. The van der Waals surface area contributed by atoms with Gasteiger partial charge >= 0.3 is 0 Å². The number of rotatable bonds is 8. The molecule has 0 fully saturated rings. The number of hydrogen-bond donors (Lipinski definition) is 1. The van der Waals surface area contributed by atoms with E-state index in [-0.39, 0.29) is 11.5 Å². The third-order valence-corrected chi connectivity index (χ3v) is 5.76. The number of benzene rings is 2. The molecular weight excluding hydrogens is 410 g/mol. The molecule has 4 aromatic rings. The minimum Gasteiger partial charge on any atom is -0.493 e.